The van der Waals surface area contributed by atoms with Crippen LogP contribution in [0.5, 0.6) is 0 Å². The second-order valence-corrected chi connectivity index (χ2v) is 8.54. The summed E-state index contributed by atoms with van der Waals surface area (Å²) in [6, 6.07) is 2.59. The van der Waals surface area contributed by atoms with Gasteiger partial charge in [0.1, 0.15) is 0 Å². The van der Waals surface area contributed by atoms with E-state index in [-0.39, 0.29) is 0 Å². The molecule has 5 atom stereocenters. The number of nitrogens with one attached hydrogen (secondary N) is 1. The molecule has 0 bridgehead atoms. The molecule has 1 aromatic rings. The minimum atomic E-state index is 0.300. The lowest BCUT2D eigenvalue weighted by Gasteiger charge is -2.29. The van der Waals surface area contributed by atoms with Crippen molar-refractivity contribution in [1.82, 2.24) is 5.32 Å². The molecule has 1 N–H and O–H groups in total. The Morgan fingerprint density at radius 1 is 1.32 bits per heavy atom. The molecule has 5 unspecified atom stereocenters. The quantitative estimate of drug-likeness (QED) is 0.755. The Morgan fingerprint density at radius 3 is 2.42 bits per heavy atom. The largest absolute Gasteiger partial charge is 0.375 e. The first-order chi connectivity index (χ1) is 8.95. The highest BCUT2D eigenvalue weighted by Crippen LogP contribution is 2.44. The van der Waals surface area contributed by atoms with Gasteiger partial charge in [-0.05, 0) is 64.2 Å². The van der Waals surface area contributed by atoms with E-state index in [9.17, 15) is 0 Å². The van der Waals surface area contributed by atoms with Gasteiger partial charge >= 0.3 is 0 Å². The van der Waals surface area contributed by atoms with Crippen molar-refractivity contribution >= 4 is 43.2 Å². The van der Waals surface area contributed by atoms with E-state index in [0.29, 0.717) is 30.1 Å². The van der Waals surface area contributed by atoms with Crippen molar-refractivity contribution in [3.8, 4) is 0 Å². The number of rotatable bonds is 4. The summed E-state index contributed by atoms with van der Waals surface area (Å²) in [7, 11) is 0. The van der Waals surface area contributed by atoms with Gasteiger partial charge in [-0.15, -0.1) is 11.3 Å². The maximum absolute atomic E-state index is 6.01. The van der Waals surface area contributed by atoms with E-state index in [1.54, 1.807) is 11.3 Å². The Bertz CT molecular complexity index is 418. The molecule has 2 rings (SSSR count). The molecule has 0 radical (unpaired) electrons. The summed E-state index contributed by atoms with van der Waals surface area (Å²) in [6.07, 6.45) is 0.640. The van der Waals surface area contributed by atoms with Crippen molar-refractivity contribution in [2.45, 2.75) is 45.9 Å². The molecule has 0 saturated carbocycles. The lowest BCUT2D eigenvalue weighted by Crippen LogP contribution is -2.34. The highest BCUT2D eigenvalue weighted by molar-refractivity contribution is 9.13. The third-order valence-electron chi connectivity index (χ3n) is 4.10. The molecule has 108 valence electrons. The SMILES string of the molecule is CCNC(c1cc(Br)c(Br)s1)C1C(C)OC(C)C1C. The summed E-state index contributed by atoms with van der Waals surface area (Å²) in [4.78, 5) is 1.38. The van der Waals surface area contributed by atoms with Crippen LogP contribution >= 0.6 is 43.2 Å². The van der Waals surface area contributed by atoms with E-state index in [1.807, 2.05) is 0 Å². The Kier molecular flexibility index (Phi) is 5.51. The van der Waals surface area contributed by atoms with Crippen LogP contribution in [0.15, 0.2) is 14.3 Å². The second-order valence-electron chi connectivity index (χ2n) is 5.29. The van der Waals surface area contributed by atoms with E-state index in [1.165, 1.54) is 4.88 Å². The number of hydrogen-bond acceptors (Lipinski definition) is 3. The minimum absolute atomic E-state index is 0.300. The first kappa shape index (κ1) is 16.0. The molecule has 1 aliphatic heterocycles. The van der Waals surface area contributed by atoms with Crippen LogP contribution in [0.4, 0.5) is 0 Å². The van der Waals surface area contributed by atoms with Gasteiger partial charge in [0.25, 0.3) is 0 Å². The van der Waals surface area contributed by atoms with Crippen molar-refractivity contribution in [1.29, 1.82) is 0 Å². The standard InChI is InChI=1S/C14H21Br2NOS/c1-5-17-13(11-6-10(15)14(16)19-11)12-7(2)8(3)18-9(12)4/h6-9,12-13,17H,5H2,1-4H3. The molecule has 1 saturated heterocycles. The number of halogens is 2. The summed E-state index contributed by atoms with van der Waals surface area (Å²) >= 11 is 9.00. The Hall–Kier alpha value is 0.580. The zero-order chi connectivity index (χ0) is 14.2. The molecule has 0 spiro atoms. The van der Waals surface area contributed by atoms with Crippen LogP contribution in [0.3, 0.4) is 0 Å². The highest BCUT2D eigenvalue weighted by atomic mass is 79.9. The molecule has 1 aliphatic rings. The smallest absolute Gasteiger partial charge is 0.0843 e. The van der Waals surface area contributed by atoms with E-state index in [4.69, 9.17) is 4.74 Å². The van der Waals surface area contributed by atoms with Gasteiger partial charge in [0, 0.05) is 21.3 Å². The summed E-state index contributed by atoms with van der Waals surface area (Å²) in [5, 5.41) is 3.65. The number of thiophene rings is 1. The van der Waals surface area contributed by atoms with Gasteiger partial charge in [0.2, 0.25) is 0 Å². The maximum Gasteiger partial charge on any atom is 0.0843 e. The second kappa shape index (κ2) is 6.56. The number of hydrogen-bond donors (Lipinski definition) is 1. The van der Waals surface area contributed by atoms with Crippen molar-refractivity contribution in [3.05, 3.63) is 19.2 Å². The molecule has 0 aromatic carbocycles. The molecular formula is C14H21Br2NOS. The molecule has 2 nitrogen and oxygen atoms in total. The molecule has 1 aromatic heterocycles. The molecule has 19 heavy (non-hydrogen) atoms. The minimum Gasteiger partial charge on any atom is -0.375 e. The summed E-state index contributed by atoms with van der Waals surface area (Å²) in [6.45, 7) is 9.83. The van der Waals surface area contributed by atoms with Crippen LogP contribution in [-0.4, -0.2) is 18.8 Å². The lowest BCUT2D eigenvalue weighted by atomic mass is 9.83. The van der Waals surface area contributed by atoms with Crippen molar-refractivity contribution in [2.24, 2.45) is 11.8 Å². The zero-order valence-corrected chi connectivity index (χ0v) is 15.7. The fourth-order valence-electron chi connectivity index (χ4n) is 3.03. The average Bonchev–Trinajstić information content (AvgIpc) is 2.79. The van der Waals surface area contributed by atoms with Crippen molar-refractivity contribution in [3.63, 3.8) is 0 Å². The van der Waals surface area contributed by atoms with Crippen LogP contribution in [0.2, 0.25) is 0 Å². The van der Waals surface area contributed by atoms with Crippen LogP contribution in [-0.2, 0) is 4.74 Å². The molecule has 5 heteroatoms. The summed E-state index contributed by atoms with van der Waals surface area (Å²) in [5.74, 6) is 1.09. The molecule has 2 heterocycles. The summed E-state index contributed by atoms with van der Waals surface area (Å²) < 4.78 is 8.32. The lowest BCUT2D eigenvalue weighted by molar-refractivity contribution is 0.0477. The predicted octanol–water partition coefficient (Wildman–Crippen LogP) is 4.98. The van der Waals surface area contributed by atoms with Gasteiger partial charge in [-0.3, -0.25) is 0 Å². The first-order valence-electron chi connectivity index (χ1n) is 6.79. The Labute approximate surface area is 136 Å². The van der Waals surface area contributed by atoms with Crippen LogP contribution in [0.25, 0.3) is 0 Å². The van der Waals surface area contributed by atoms with Crippen LogP contribution in [0.1, 0.15) is 38.6 Å². The van der Waals surface area contributed by atoms with Crippen molar-refractivity contribution in [2.75, 3.05) is 6.54 Å². The molecule has 1 fully saturated rings. The third-order valence-corrected chi connectivity index (χ3v) is 7.44. The monoisotopic (exact) mass is 409 g/mol. The fourth-order valence-corrected chi connectivity index (χ4v) is 5.25. The van der Waals surface area contributed by atoms with Crippen LogP contribution in [0, 0.1) is 11.8 Å². The van der Waals surface area contributed by atoms with Gasteiger partial charge in [0.15, 0.2) is 0 Å². The predicted molar refractivity (Wildman–Crippen MR) is 88.8 cm³/mol. The average molecular weight is 411 g/mol. The first-order valence-corrected chi connectivity index (χ1v) is 9.19. The molecule has 0 amide bonds. The van der Waals surface area contributed by atoms with E-state index >= 15 is 0 Å². The molecular weight excluding hydrogens is 390 g/mol. The zero-order valence-electron chi connectivity index (χ0n) is 11.7. The Balaban J connectivity index is 2.29. The maximum atomic E-state index is 6.01. The molecule has 0 aliphatic carbocycles. The Morgan fingerprint density at radius 2 is 2.00 bits per heavy atom. The third kappa shape index (κ3) is 3.26. The van der Waals surface area contributed by atoms with Gasteiger partial charge in [-0.25, -0.2) is 0 Å². The van der Waals surface area contributed by atoms with Gasteiger partial charge in [-0.2, -0.15) is 0 Å². The normalized spacial score (nSPS) is 32.7. The van der Waals surface area contributed by atoms with Gasteiger partial charge in [0.05, 0.1) is 16.0 Å². The van der Waals surface area contributed by atoms with Crippen LogP contribution < -0.4 is 5.32 Å². The topological polar surface area (TPSA) is 21.3 Å². The number of ether oxygens (including phenoxy) is 1. The van der Waals surface area contributed by atoms with Gasteiger partial charge < -0.3 is 10.1 Å². The van der Waals surface area contributed by atoms with E-state index < -0.39 is 0 Å². The van der Waals surface area contributed by atoms with Gasteiger partial charge in [-0.1, -0.05) is 13.8 Å². The summed E-state index contributed by atoms with van der Waals surface area (Å²) in [5.41, 5.74) is 0. The fraction of sp³-hybridized carbons (Fsp3) is 0.714. The van der Waals surface area contributed by atoms with E-state index in [2.05, 4.69) is 70.9 Å². The van der Waals surface area contributed by atoms with Crippen molar-refractivity contribution < 1.29 is 4.74 Å². The van der Waals surface area contributed by atoms with E-state index in [0.717, 1.165) is 14.8 Å². The highest BCUT2D eigenvalue weighted by Gasteiger charge is 2.42.